The zero-order valence-corrected chi connectivity index (χ0v) is 17.7. The molecule has 1 aromatic carbocycles. The third-order valence-electron chi connectivity index (χ3n) is 5.26. The summed E-state index contributed by atoms with van der Waals surface area (Å²) in [6, 6.07) is 9.35. The van der Waals surface area contributed by atoms with Gasteiger partial charge in [0, 0.05) is 18.7 Å². The van der Waals surface area contributed by atoms with Crippen LogP contribution >= 0.6 is 0 Å². The summed E-state index contributed by atoms with van der Waals surface area (Å²) in [4.78, 5) is 2.43. The van der Waals surface area contributed by atoms with Crippen LogP contribution in [0.3, 0.4) is 0 Å². The summed E-state index contributed by atoms with van der Waals surface area (Å²) in [5.41, 5.74) is 5.41. The molecule has 0 bridgehead atoms. The first kappa shape index (κ1) is 21.0. The summed E-state index contributed by atoms with van der Waals surface area (Å²) < 4.78 is 0. The van der Waals surface area contributed by atoms with E-state index in [-0.39, 0.29) is 0 Å². The fourth-order valence-corrected chi connectivity index (χ4v) is 3.83. The lowest BCUT2D eigenvalue weighted by atomic mass is 9.84. The first-order valence-electron chi connectivity index (χ1n) is 10.3. The van der Waals surface area contributed by atoms with Gasteiger partial charge in [-0.3, -0.25) is 0 Å². The summed E-state index contributed by atoms with van der Waals surface area (Å²) in [5.74, 6) is 0.529. The molecule has 0 radical (unpaired) electrons. The number of anilines is 1. The summed E-state index contributed by atoms with van der Waals surface area (Å²) >= 11 is 0. The van der Waals surface area contributed by atoms with E-state index in [1.807, 2.05) is 0 Å². The number of benzene rings is 1. The van der Waals surface area contributed by atoms with Gasteiger partial charge in [-0.15, -0.1) is 0 Å². The zero-order chi connectivity index (χ0) is 19.6. The van der Waals surface area contributed by atoms with Crippen LogP contribution in [-0.4, -0.2) is 13.1 Å². The minimum Gasteiger partial charge on any atom is -0.368 e. The van der Waals surface area contributed by atoms with Crippen molar-refractivity contribution in [3.8, 4) is 0 Å². The molecule has 0 amide bonds. The fourth-order valence-electron chi connectivity index (χ4n) is 3.83. The molecule has 1 aromatic rings. The Labute approximate surface area is 166 Å². The van der Waals surface area contributed by atoms with Crippen molar-refractivity contribution in [1.29, 1.82) is 0 Å². The number of rotatable bonds is 8. The van der Waals surface area contributed by atoms with Crippen LogP contribution in [0.1, 0.15) is 46.1 Å². The molecule has 1 aliphatic rings. The standard InChI is InChI=1S/C26H35N/c1-6-12-21(4)14-9-15-22-16-10-18-24(20-22)27(5)26-19-11-17-23(13-7-2)25(26)8-3/h7,9-14,16-20,25-26H,6,8,15H2,1-5H3/b13-7-,14-9-,21-12-. The summed E-state index contributed by atoms with van der Waals surface area (Å²) in [6.45, 7) is 8.73. The minimum absolute atomic E-state index is 0.395. The van der Waals surface area contributed by atoms with E-state index >= 15 is 0 Å². The van der Waals surface area contributed by atoms with E-state index in [4.69, 9.17) is 0 Å². The van der Waals surface area contributed by atoms with Crippen molar-refractivity contribution in [1.82, 2.24) is 0 Å². The Kier molecular flexibility index (Phi) is 8.39. The zero-order valence-electron chi connectivity index (χ0n) is 17.7. The average Bonchev–Trinajstić information content (AvgIpc) is 2.68. The Morgan fingerprint density at radius 3 is 2.74 bits per heavy atom. The van der Waals surface area contributed by atoms with Gasteiger partial charge in [-0.25, -0.2) is 0 Å². The molecule has 0 spiro atoms. The largest absolute Gasteiger partial charge is 0.368 e. The molecule has 1 heteroatoms. The van der Waals surface area contributed by atoms with Gasteiger partial charge in [0.2, 0.25) is 0 Å². The Bertz CT molecular complexity index is 745. The van der Waals surface area contributed by atoms with Gasteiger partial charge in [0.1, 0.15) is 0 Å². The van der Waals surface area contributed by atoms with Crippen molar-refractivity contribution in [2.45, 2.75) is 53.0 Å². The highest BCUT2D eigenvalue weighted by atomic mass is 15.1. The molecular formula is C26H35N. The van der Waals surface area contributed by atoms with Crippen LogP contribution in [0.15, 0.2) is 84.0 Å². The van der Waals surface area contributed by atoms with E-state index < -0.39 is 0 Å². The molecule has 0 saturated carbocycles. The van der Waals surface area contributed by atoms with Gasteiger partial charge >= 0.3 is 0 Å². The molecule has 1 nitrogen and oxygen atoms in total. The van der Waals surface area contributed by atoms with E-state index in [0.29, 0.717) is 12.0 Å². The SMILES string of the molecule is C/C=C\C1=CC=CC(N(C)c2cccc(C/C=C\C(C)=C/CC)c2)C1CC. The molecule has 1 aliphatic carbocycles. The van der Waals surface area contributed by atoms with E-state index in [2.05, 4.69) is 113 Å². The van der Waals surface area contributed by atoms with Crippen LogP contribution in [0.4, 0.5) is 5.69 Å². The van der Waals surface area contributed by atoms with E-state index in [1.54, 1.807) is 0 Å². The minimum atomic E-state index is 0.395. The molecule has 0 fully saturated rings. The maximum Gasteiger partial charge on any atom is 0.0541 e. The number of allylic oxidation sites excluding steroid dienone is 8. The van der Waals surface area contributed by atoms with Crippen LogP contribution < -0.4 is 4.90 Å². The Morgan fingerprint density at radius 1 is 1.22 bits per heavy atom. The summed E-state index contributed by atoms with van der Waals surface area (Å²) in [6.07, 6.45) is 21.2. The van der Waals surface area contributed by atoms with Crippen molar-refractivity contribution < 1.29 is 0 Å². The quantitative estimate of drug-likeness (QED) is 0.449. The van der Waals surface area contributed by atoms with Crippen molar-refractivity contribution in [2.24, 2.45) is 5.92 Å². The smallest absolute Gasteiger partial charge is 0.0541 e. The van der Waals surface area contributed by atoms with Crippen LogP contribution in [0.2, 0.25) is 0 Å². The molecule has 0 saturated heterocycles. The third-order valence-corrected chi connectivity index (χ3v) is 5.26. The average molecular weight is 362 g/mol. The molecule has 0 aliphatic heterocycles. The van der Waals surface area contributed by atoms with Gasteiger partial charge < -0.3 is 4.90 Å². The lowest BCUT2D eigenvalue weighted by Gasteiger charge is -2.36. The molecule has 0 N–H and O–H groups in total. The van der Waals surface area contributed by atoms with E-state index in [0.717, 1.165) is 19.3 Å². The van der Waals surface area contributed by atoms with Crippen molar-refractivity contribution in [3.05, 3.63) is 89.6 Å². The highest BCUT2D eigenvalue weighted by Crippen LogP contribution is 2.31. The van der Waals surface area contributed by atoms with Crippen molar-refractivity contribution >= 4 is 5.69 Å². The Balaban J connectivity index is 2.15. The second-order valence-corrected chi connectivity index (χ2v) is 7.30. The Hall–Kier alpha value is -2.28. The molecule has 2 atom stereocenters. The lowest BCUT2D eigenvalue weighted by Crippen LogP contribution is -2.38. The summed E-state index contributed by atoms with van der Waals surface area (Å²) in [5, 5.41) is 0. The van der Waals surface area contributed by atoms with Gasteiger partial charge in [-0.1, -0.05) is 80.2 Å². The highest BCUT2D eigenvalue weighted by molar-refractivity contribution is 5.52. The number of nitrogens with zero attached hydrogens (tertiary/aromatic N) is 1. The molecule has 27 heavy (non-hydrogen) atoms. The van der Waals surface area contributed by atoms with Crippen molar-refractivity contribution in [2.75, 3.05) is 11.9 Å². The van der Waals surface area contributed by atoms with Crippen LogP contribution in [0.5, 0.6) is 0 Å². The number of hydrogen-bond donors (Lipinski definition) is 0. The Morgan fingerprint density at radius 2 is 2.04 bits per heavy atom. The van der Waals surface area contributed by atoms with Crippen LogP contribution in [0.25, 0.3) is 0 Å². The second-order valence-electron chi connectivity index (χ2n) is 7.30. The maximum atomic E-state index is 2.43. The first-order chi connectivity index (χ1) is 13.1. The number of hydrogen-bond acceptors (Lipinski definition) is 1. The van der Waals surface area contributed by atoms with E-state index in [1.165, 1.54) is 22.4 Å². The fraction of sp³-hybridized carbons (Fsp3) is 0.385. The van der Waals surface area contributed by atoms with Crippen LogP contribution in [-0.2, 0) is 6.42 Å². The van der Waals surface area contributed by atoms with E-state index in [9.17, 15) is 0 Å². The topological polar surface area (TPSA) is 3.24 Å². The molecule has 144 valence electrons. The highest BCUT2D eigenvalue weighted by Gasteiger charge is 2.26. The monoisotopic (exact) mass is 361 g/mol. The molecular weight excluding hydrogens is 326 g/mol. The predicted molar refractivity (Wildman–Crippen MR) is 121 cm³/mol. The molecule has 2 unspecified atom stereocenters. The molecule has 2 rings (SSSR count). The normalized spacial score (nSPS) is 20.5. The first-order valence-corrected chi connectivity index (χ1v) is 10.3. The van der Waals surface area contributed by atoms with Gasteiger partial charge in [-0.05, 0) is 56.4 Å². The second kappa shape index (κ2) is 10.8. The van der Waals surface area contributed by atoms with Gasteiger partial charge in [0.15, 0.2) is 0 Å². The molecule has 0 aromatic heterocycles. The molecule has 0 heterocycles. The van der Waals surface area contributed by atoms with Gasteiger partial charge in [0.25, 0.3) is 0 Å². The van der Waals surface area contributed by atoms with Crippen LogP contribution in [0, 0.1) is 5.92 Å². The summed E-state index contributed by atoms with van der Waals surface area (Å²) in [7, 11) is 2.22. The third kappa shape index (κ3) is 5.85. The van der Waals surface area contributed by atoms with Gasteiger partial charge in [-0.2, -0.15) is 0 Å². The van der Waals surface area contributed by atoms with Gasteiger partial charge in [0.05, 0.1) is 6.04 Å². The predicted octanol–water partition coefficient (Wildman–Crippen LogP) is 7.04. The lowest BCUT2D eigenvalue weighted by molar-refractivity contribution is 0.513. The van der Waals surface area contributed by atoms with Crippen molar-refractivity contribution in [3.63, 3.8) is 0 Å². The number of likely N-dealkylation sites (N-methyl/N-ethyl adjacent to an activating group) is 1. The maximum absolute atomic E-state index is 2.43.